The van der Waals surface area contributed by atoms with Crippen LogP contribution in [0.3, 0.4) is 0 Å². The Labute approximate surface area is 105 Å². The molecule has 17 heavy (non-hydrogen) atoms. The van der Waals surface area contributed by atoms with E-state index >= 15 is 0 Å². The molecule has 0 aliphatic heterocycles. The predicted octanol–water partition coefficient (Wildman–Crippen LogP) is 3.58. The molecule has 0 radical (unpaired) electrons. The van der Waals surface area contributed by atoms with Crippen molar-refractivity contribution in [3.63, 3.8) is 0 Å². The van der Waals surface area contributed by atoms with Crippen molar-refractivity contribution in [2.75, 3.05) is 6.54 Å². The molecule has 0 spiro atoms. The first-order valence-corrected chi connectivity index (χ1v) is 6.49. The fourth-order valence-electron chi connectivity index (χ4n) is 1.61. The normalized spacial score (nSPS) is 13.1. The molecule has 1 rings (SSSR count). The lowest BCUT2D eigenvalue weighted by atomic mass is 10.0. The van der Waals surface area contributed by atoms with Crippen molar-refractivity contribution in [2.45, 2.75) is 52.7 Å². The maximum atomic E-state index is 5.84. The van der Waals surface area contributed by atoms with Crippen LogP contribution in [0.15, 0.2) is 24.3 Å². The zero-order valence-corrected chi connectivity index (χ0v) is 11.7. The summed E-state index contributed by atoms with van der Waals surface area (Å²) < 4.78 is 5.84. The van der Waals surface area contributed by atoms with Gasteiger partial charge in [0.1, 0.15) is 11.9 Å². The average molecular weight is 235 g/mol. The quantitative estimate of drug-likeness (QED) is 0.814. The van der Waals surface area contributed by atoms with Gasteiger partial charge in [0.2, 0.25) is 0 Å². The van der Waals surface area contributed by atoms with Gasteiger partial charge in [0.15, 0.2) is 0 Å². The topological polar surface area (TPSA) is 21.3 Å². The van der Waals surface area contributed by atoms with Gasteiger partial charge in [-0.2, -0.15) is 0 Å². The van der Waals surface area contributed by atoms with Crippen LogP contribution in [0.2, 0.25) is 0 Å². The summed E-state index contributed by atoms with van der Waals surface area (Å²) in [5.74, 6) is 1.52. The van der Waals surface area contributed by atoms with Crippen LogP contribution in [0, 0.1) is 0 Å². The van der Waals surface area contributed by atoms with Crippen LogP contribution in [-0.2, 0) is 0 Å². The van der Waals surface area contributed by atoms with Crippen LogP contribution >= 0.6 is 0 Å². The standard InChI is InChI=1S/C15H25NO/c1-11(2)14-6-8-15(9-7-14)17-13(5)10-16-12(3)4/h6-9,11-13,16H,10H2,1-5H3. The highest BCUT2D eigenvalue weighted by Gasteiger charge is 2.05. The number of nitrogens with one attached hydrogen (secondary N) is 1. The van der Waals surface area contributed by atoms with Crippen molar-refractivity contribution in [3.05, 3.63) is 29.8 Å². The third-order valence-electron chi connectivity index (χ3n) is 2.70. The van der Waals surface area contributed by atoms with Gasteiger partial charge in [-0.25, -0.2) is 0 Å². The fourth-order valence-corrected chi connectivity index (χ4v) is 1.61. The van der Waals surface area contributed by atoms with E-state index in [1.807, 2.05) is 0 Å². The summed E-state index contributed by atoms with van der Waals surface area (Å²) in [6.07, 6.45) is 0.197. The summed E-state index contributed by atoms with van der Waals surface area (Å²) in [6.45, 7) is 11.7. The van der Waals surface area contributed by atoms with Crippen molar-refractivity contribution in [1.29, 1.82) is 0 Å². The zero-order valence-electron chi connectivity index (χ0n) is 11.7. The number of hydrogen-bond acceptors (Lipinski definition) is 2. The van der Waals surface area contributed by atoms with E-state index in [0.717, 1.165) is 12.3 Å². The van der Waals surface area contributed by atoms with E-state index in [0.29, 0.717) is 12.0 Å². The Kier molecular flexibility index (Phi) is 5.49. The Bertz CT molecular complexity index is 316. The van der Waals surface area contributed by atoms with Gasteiger partial charge < -0.3 is 10.1 Å². The van der Waals surface area contributed by atoms with Gasteiger partial charge in [0, 0.05) is 12.6 Å². The molecular formula is C15H25NO. The third kappa shape index (κ3) is 5.22. The largest absolute Gasteiger partial charge is 0.489 e. The average Bonchev–Trinajstić information content (AvgIpc) is 2.27. The van der Waals surface area contributed by atoms with Gasteiger partial charge in [-0.3, -0.25) is 0 Å². The molecule has 1 unspecified atom stereocenters. The van der Waals surface area contributed by atoms with Crippen LogP contribution in [0.1, 0.15) is 46.1 Å². The second-order valence-corrected chi connectivity index (χ2v) is 5.22. The molecule has 1 aromatic rings. The van der Waals surface area contributed by atoms with Crippen LogP contribution < -0.4 is 10.1 Å². The van der Waals surface area contributed by atoms with Crippen LogP contribution in [0.5, 0.6) is 5.75 Å². The van der Waals surface area contributed by atoms with E-state index in [1.165, 1.54) is 5.56 Å². The summed E-state index contributed by atoms with van der Waals surface area (Å²) in [7, 11) is 0. The molecule has 1 N–H and O–H groups in total. The SMILES string of the molecule is CC(C)NCC(C)Oc1ccc(C(C)C)cc1. The minimum Gasteiger partial charge on any atom is -0.489 e. The van der Waals surface area contributed by atoms with Gasteiger partial charge in [-0.15, -0.1) is 0 Å². The van der Waals surface area contributed by atoms with E-state index in [9.17, 15) is 0 Å². The van der Waals surface area contributed by atoms with E-state index in [1.54, 1.807) is 0 Å². The summed E-state index contributed by atoms with van der Waals surface area (Å²) >= 11 is 0. The van der Waals surface area contributed by atoms with E-state index < -0.39 is 0 Å². The van der Waals surface area contributed by atoms with Gasteiger partial charge in [-0.05, 0) is 30.5 Å². The molecule has 1 aromatic carbocycles. The van der Waals surface area contributed by atoms with Gasteiger partial charge in [0.25, 0.3) is 0 Å². The molecule has 0 aliphatic rings. The van der Waals surface area contributed by atoms with Gasteiger partial charge in [-0.1, -0.05) is 39.8 Å². The van der Waals surface area contributed by atoms with Crippen LogP contribution in [0.4, 0.5) is 0 Å². The number of benzene rings is 1. The Morgan fingerprint density at radius 3 is 2.06 bits per heavy atom. The Morgan fingerprint density at radius 1 is 1.00 bits per heavy atom. The highest BCUT2D eigenvalue weighted by molar-refractivity contribution is 5.29. The maximum absolute atomic E-state index is 5.84. The molecule has 0 aromatic heterocycles. The Balaban J connectivity index is 2.45. The first kappa shape index (κ1) is 14.0. The highest BCUT2D eigenvalue weighted by Crippen LogP contribution is 2.19. The molecule has 0 amide bonds. The van der Waals surface area contributed by atoms with Crippen molar-refractivity contribution >= 4 is 0 Å². The summed E-state index contributed by atoms with van der Waals surface area (Å²) in [5.41, 5.74) is 1.35. The maximum Gasteiger partial charge on any atom is 0.119 e. The molecule has 0 aliphatic carbocycles. The van der Waals surface area contributed by atoms with Crippen molar-refractivity contribution in [3.8, 4) is 5.75 Å². The summed E-state index contributed by atoms with van der Waals surface area (Å²) in [6, 6.07) is 8.90. The molecular weight excluding hydrogens is 210 g/mol. The molecule has 0 heterocycles. The highest BCUT2D eigenvalue weighted by atomic mass is 16.5. The van der Waals surface area contributed by atoms with Crippen molar-refractivity contribution < 1.29 is 4.74 Å². The van der Waals surface area contributed by atoms with Crippen molar-refractivity contribution in [2.24, 2.45) is 0 Å². The number of hydrogen-bond donors (Lipinski definition) is 1. The minimum atomic E-state index is 0.197. The third-order valence-corrected chi connectivity index (χ3v) is 2.70. The van der Waals surface area contributed by atoms with Crippen molar-refractivity contribution in [1.82, 2.24) is 5.32 Å². The van der Waals surface area contributed by atoms with Crippen LogP contribution in [0.25, 0.3) is 0 Å². The first-order valence-electron chi connectivity index (χ1n) is 6.49. The molecule has 0 saturated heterocycles. The predicted molar refractivity (Wildman–Crippen MR) is 73.8 cm³/mol. The first-order chi connectivity index (χ1) is 7.99. The van der Waals surface area contributed by atoms with E-state index in [2.05, 4.69) is 64.2 Å². The Morgan fingerprint density at radius 2 is 1.59 bits per heavy atom. The second-order valence-electron chi connectivity index (χ2n) is 5.22. The second kappa shape index (κ2) is 6.65. The molecule has 2 nitrogen and oxygen atoms in total. The summed E-state index contributed by atoms with van der Waals surface area (Å²) in [5, 5.41) is 3.37. The molecule has 0 bridgehead atoms. The smallest absolute Gasteiger partial charge is 0.119 e. The van der Waals surface area contributed by atoms with E-state index in [4.69, 9.17) is 4.74 Å². The lowest BCUT2D eigenvalue weighted by Gasteiger charge is -2.17. The molecule has 96 valence electrons. The number of rotatable bonds is 6. The summed E-state index contributed by atoms with van der Waals surface area (Å²) in [4.78, 5) is 0. The van der Waals surface area contributed by atoms with Gasteiger partial charge >= 0.3 is 0 Å². The molecule has 1 atom stereocenters. The lowest BCUT2D eigenvalue weighted by molar-refractivity contribution is 0.213. The van der Waals surface area contributed by atoms with Gasteiger partial charge in [0.05, 0.1) is 0 Å². The Hall–Kier alpha value is -1.02. The lowest BCUT2D eigenvalue weighted by Crippen LogP contribution is -2.33. The van der Waals surface area contributed by atoms with E-state index in [-0.39, 0.29) is 6.10 Å². The minimum absolute atomic E-state index is 0.197. The number of ether oxygens (including phenoxy) is 1. The van der Waals surface area contributed by atoms with Crippen LogP contribution in [-0.4, -0.2) is 18.7 Å². The molecule has 0 saturated carbocycles. The molecule has 2 heteroatoms. The molecule has 0 fully saturated rings. The monoisotopic (exact) mass is 235 g/mol. The zero-order chi connectivity index (χ0) is 12.8. The fraction of sp³-hybridized carbons (Fsp3) is 0.600.